The highest BCUT2D eigenvalue weighted by molar-refractivity contribution is 8.00. The predicted molar refractivity (Wildman–Crippen MR) is 73.6 cm³/mol. The number of thioether (sulfide) groups is 1. The number of rotatable bonds is 6. The number of nitrogens with one attached hydrogen (secondary N) is 1. The van der Waals surface area contributed by atoms with Gasteiger partial charge < -0.3 is 10.4 Å². The van der Waals surface area contributed by atoms with Crippen LogP contribution in [0.15, 0.2) is 11.6 Å². The first-order chi connectivity index (χ1) is 8.08. The van der Waals surface area contributed by atoms with E-state index in [9.17, 15) is 4.79 Å². The number of carboxylic acid groups (broad SMARTS) is 1. The second kappa shape index (κ2) is 7.07. The fourth-order valence-corrected chi connectivity index (χ4v) is 3.34. The van der Waals surface area contributed by atoms with Crippen LogP contribution in [0.3, 0.4) is 0 Å². The molecule has 1 rings (SSSR count). The van der Waals surface area contributed by atoms with Gasteiger partial charge in [0, 0.05) is 23.9 Å². The Morgan fingerprint density at radius 2 is 2.06 bits per heavy atom. The van der Waals surface area contributed by atoms with Crippen molar-refractivity contribution in [3.63, 3.8) is 0 Å². The van der Waals surface area contributed by atoms with Gasteiger partial charge in [-0.2, -0.15) is 11.8 Å². The molecule has 4 heteroatoms. The van der Waals surface area contributed by atoms with Gasteiger partial charge in [0.25, 0.3) is 0 Å². The minimum absolute atomic E-state index is 0.377. The van der Waals surface area contributed by atoms with Gasteiger partial charge in [-0.3, -0.25) is 0 Å². The number of carboxylic acids is 1. The molecule has 0 spiro atoms. The zero-order chi connectivity index (χ0) is 12.7. The summed E-state index contributed by atoms with van der Waals surface area (Å²) in [5, 5.41) is 12.0. The molecule has 0 amide bonds. The first-order valence-corrected chi connectivity index (χ1v) is 7.46. The van der Waals surface area contributed by atoms with Gasteiger partial charge in [0.15, 0.2) is 0 Å². The highest BCUT2D eigenvalue weighted by atomic mass is 32.2. The number of aliphatic carboxylic acids is 1. The molecule has 98 valence electrons. The van der Waals surface area contributed by atoms with Gasteiger partial charge in [-0.05, 0) is 26.0 Å². The molecule has 2 N–H and O–H groups in total. The highest BCUT2D eigenvalue weighted by Gasteiger charge is 2.30. The van der Waals surface area contributed by atoms with Gasteiger partial charge in [0.05, 0.1) is 0 Å². The maximum absolute atomic E-state index is 10.5. The molecule has 1 fully saturated rings. The summed E-state index contributed by atoms with van der Waals surface area (Å²) in [6, 6.07) is 0. The number of hydrogen-bond donors (Lipinski definition) is 2. The summed E-state index contributed by atoms with van der Waals surface area (Å²) >= 11 is 1.96. The van der Waals surface area contributed by atoms with E-state index < -0.39 is 5.97 Å². The van der Waals surface area contributed by atoms with Crippen LogP contribution in [0, 0.1) is 0 Å². The quantitative estimate of drug-likeness (QED) is 0.718. The van der Waals surface area contributed by atoms with Crippen LogP contribution < -0.4 is 5.32 Å². The van der Waals surface area contributed by atoms with Gasteiger partial charge in [-0.15, -0.1) is 0 Å². The summed E-state index contributed by atoms with van der Waals surface area (Å²) in [5.74, 6) is -0.860. The topological polar surface area (TPSA) is 49.3 Å². The molecule has 0 bridgehead atoms. The van der Waals surface area contributed by atoms with Crippen LogP contribution in [0.5, 0.6) is 0 Å². The second-order valence-electron chi connectivity index (χ2n) is 4.88. The van der Waals surface area contributed by atoms with E-state index in [-0.39, 0.29) is 0 Å². The van der Waals surface area contributed by atoms with Crippen LogP contribution in [0.1, 0.15) is 39.0 Å². The van der Waals surface area contributed by atoms with Crippen LogP contribution >= 0.6 is 11.8 Å². The largest absolute Gasteiger partial charge is 0.478 e. The highest BCUT2D eigenvalue weighted by Crippen LogP contribution is 2.37. The van der Waals surface area contributed by atoms with Crippen LogP contribution in [0.25, 0.3) is 0 Å². The molecule has 0 radical (unpaired) electrons. The zero-order valence-corrected chi connectivity index (χ0v) is 11.6. The van der Waals surface area contributed by atoms with Gasteiger partial charge in [0.1, 0.15) is 0 Å². The van der Waals surface area contributed by atoms with Crippen molar-refractivity contribution in [1.29, 1.82) is 0 Å². The summed E-state index contributed by atoms with van der Waals surface area (Å²) in [5.41, 5.74) is 0.879. The monoisotopic (exact) mass is 257 g/mol. The predicted octanol–water partition coefficient (Wildman–Crippen LogP) is 2.67. The number of hydrogen-bond acceptors (Lipinski definition) is 3. The smallest absolute Gasteiger partial charge is 0.328 e. The molecule has 1 aliphatic carbocycles. The van der Waals surface area contributed by atoms with E-state index in [1.165, 1.54) is 38.2 Å². The summed E-state index contributed by atoms with van der Waals surface area (Å²) < 4.78 is 0.377. The van der Waals surface area contributed by atoms with E-state index in [4.69, 9.17) is 5.11 Å². The van der Waals surface area contributed by atoms with Crippen molar-refractivity contribution in [2.75, 3.05) is 19.3 Å². The summed E-state index contributed by atoms with van der Waals surface area (Å²) in [6.07, 6.45) is 10.0. The van der Waals surface area contributed by atoms with E-state index in [2.05, 4.69) is 11.6 Å². The normalized spacial score (nSPS) is 20.2. The van der Waals surface area contributed by atoms with E-state index in [1.54, 1.807) is 0 Å². The lowest BCUT2D eigenvalue weighted by molar-refractivity contribution is -0.131. The van der Waals surface area contributed by atoms with Gasteiger partial charge in [0.2, 0.25) is 0 Å². The molecule has 1 aliphatic rings. The molecule has 0 aliphatic heterocycles. The summed E-state index contributed by atoms with van der Waals surface area (Å²) in [6.45, 7) is 3.52. The number of carbonyl (C=O) groups is 1. The van der Waals surface area contributed by atoms with Crippen molar-refractivity contribution >= 4 is 17.7 Å². The average molecular weight is 257 g/mol. The van der Waals surface area contributed by atoms with Crippen molar-refractivity contribution in [3.8, 4) is 0 Å². The van der Waals surface area contributed by atoms with Crippen molar-refractivity contribution in [3.05, 3.63) is 11.6 Å². The van der Waals surface area contributed by atoms with Crippen LogP contribution in [-0.2, 0) is 4.79 Å². The Labute approximate surface area is 108 Å². The van der Waals surface area contributed by atoms with Crippen LogP contribution in [-0.4, -0.2) is 35.2 Å². The van der Waals surface area contributed by atoms with Crippen LogP contribution in [0.4, 0.5) is 0 Å². The third kappa shape index (κ3) is 5.13. The summed E-state index contributed by atoms with van der Waals surface area (Å²) in [7, 11) is 0. The lowest BCUT2D eigenvalue weighted by Gasteiger charge is -2.36. The van der Waals surface area contributed by atoms with Crippen LogP contribution in [0.2, 0.25) is 0 Å². The molecule has 0 aromatic heterocycles. The second-order valence-corrected chi connectivity index (χ2v) is 6.15. The molecule has 0 atom stereocenters. The molecular formula is C13H23NO2S. The molecule has 0 aromatic carbocycles. The van der Waals surface area contributed by atoms with Gasteiger partial charge >= 0.3 is 5.97 Å². The van der Waals surface area contributed by atoms with E-state index in [1.807, 2.05) is 18.7 Å². The third-order valence-electron chi connectivity index (χ3n) is 3.42. The van der Waals surface area contributed by atoms with E-state index in [0.29, 0.717) is 11.3 Å². The SMILES string of the molecule is CSC1(CNCC(C)=CC(=O)O)CCCCC1. The first-order valence-electron chi connectivity index (χ1n) is 6.24. The van der Waals surface area contributed by atoms with Crippen molar-refractivity contribution in [1.82, 2.24) is 5.32 Å². The Kier molecular flexibility index (Phi) is 6.06. The van der Waals surface area contributed by atoms with E-state index >= 15 is 0 Å². The van der Waals surface area contributed by atoms with Crippen molar-refractivity contribution in [2.45, 2.75) is 43.8 Å². The molecule has 0 saturated heterocycles. The molecule has 1 saturated carbocycles. The summed E-state index contributed by atoms with van der Waals surface area (Å²) in [4.78, 5) is 10.5. The third-order valence-corrected chi connectivity index (χ3v) is 4.84. The zero-order valence-electron chi connectivity index (χ0n) is 10.8. The standard InChI is InChI=1S/C13H23NO2S/c1-11(8-12(15)16)9-14-10-13(17-2)6-4-3-5-7-13/h8,14H,3-7,9-10H2,1-2H3,(H,15,16). The van der Waals surface area contributed by atoms with Crippen molar-refractivity contribution < 1.29 is 9.90 Å². The molecule has 17 heavy (non-hydrogen) atoms. The minimum atomic E-state index is -0.860. The molecule has 0 heterocycles. The average Bonchev–Trinajstić information content (AvgIpc) is 2.29. The molecule has 3 nitrogen and oxygen atoms in total. The molecule has 0 aromatic rings. The minimum Gasteiger partial charge on any atom is -0.478 e. The maximum Gasteiger partial charge on any atom is 0.328 e. The first kappa shape index (κ1) is 14.6. The molecule has 0 unspecified atom stereocenters. The maximum atomic E-state index is 10.5. The van der Waals surface area contributed by atoms with Gasteiger partial charge in [-0.25, -0.2) is 4.79 Å². The van der Waals surface area contributed by atoms with Gasteiger partial charge in [-0.1, -0.05) is 24.8 Å². The Bertz CT molecular complexity index is 283. The van der Waals surface area contributed by atoms with E-state index in [0.717, 1.165) is 12.1 Å². The van der Waals surface area contributed by atoms with Crippen molar-refractivity contribution in [2.24, 2.45) is 0 Å². The Balaban J connectivity index is 2.35. The molecular weight excluding hydrogens is 234 g/mol. The fourth-order valence-electron chi connectivity index (χ4n) is 2.40. The Hall–Kier alpha value is -0.480. The fraction of sp³-hybridized carbons (Fsp3) is 0.769. The Morgan fingerprint density at radius 1 is 1.41 bits per heavy atom. The lowest BCUT2D eigenvalue weighted by atomic mass is 9.88. The Morgan fingerprint density at radius 3 is 2.59 bits per heavy atom. The lowest BCUT2D eigenvalue weighted by Crippen LogP contribution is -2.39.